The summed E-state index contributed by atoms with van der Waals surface area (Å²) in [5, 5.41) is 9.18. The molecule has 1 aliphatic carbocycles. The van der Waals surface area contributed by atoms with E-state index >= 15 is 0 Å². The van der Waals surface area contributed by atoms with Gasteiger partial charge in [-0.1, -0.05) is 23.8 Å². The lowest BCUT2D eigenvalue weighted by atomic mass is 9.82. The molecule has 0 radical (unpaired) electrons. The molecule has 0 aromatic heterocycles. The predicted octanol–water partition coefficient (Wildman–Crippen LogP) is 4.29. The lowest BCUT2D eigenvalue weighted by molar-refractivity contribution is 0.0697. The highest BCUT2D eigenvalue weighted by molar-refractivity contribution is 5.92. The molecule has 3 heteroatoms. The average Bonchev–Trinajstić information content (AvgIpc) is 2.48. The minimum Gasteiger partial charge on any atom is -0.478 e. The predicted molar refractivity (Wildman–Crippen MR) is 79.8 cm³/mol. The van der Waals surface area contributed by atoms with E-state index in [1.54, 1.807) is 24.3 Å². The number of fused-ring (bicyclic) bond motifs is 1. The Morgan fingerprint density at radius 3 is 2.48 bits per heavy atom. The first-order valence-corrected chi connectivity index (χ1v) is 6.88. The molecule has 0 saturated heterocycles. The second-order valence-corrected chi connectivity index (χ2v) is 5.34. The number of aryl methyl sites for hydroxylation is 1. The summed E-state index contributed by atoms with van der Waals surface area (Å²) in [7, 11) is 0. The molecule has 106 valence electrons. The summed E-state index contributed by atoms with van der Waals surface area (Å²) < 4.78 is 13.1. The minimum atomic E-state index is -0.931. The van der Waals surface area contributed by atoms with Gasteiger partial charge in [-0.25, -0.2) is 9.18 Å². The second-order valence-electron chi connectivity index (χ2n) is 5.34. The van der Waals surface area contributed by atoms with Gasteiger partial charge < -0.3 is 5.11 Å². The molecule has 1 aliphatic rings. The Morgan fingerprint density at radius 1 is 1.10 bits per heavy atom. The lowest BCUT2D eigenvalue weighted by Crippen LogP contribution is -2.07. The van der Waals surface area contributed by atoms with Crippen LogP contribution in [0.3, 0.4) is 0 Å². The molecule has 2 aromatic carbocycles. The molecule has 0 aliphatic heterocycles. The van der Waals surface area contributed by atoms with Crippen LogP contribution in [0.1, 0.15) is 40.4 Å². The highest BCUT2D eigenvalue weighted by atomic mass is 19.1. The van der Waals surface area contributed by atoms with Crippen LogP contribution in [0.15, 0.2) is 48.0 Å². The molecule has 2 aromatic rings. The molecule has 0 bridgehead atoms. The van der Waals surface area contributed by atoms with Crippen LogP contribution in [0, 0.1) is 5.82 Å². The zero-order chi connectivity index (χ0) is 15.0. The van der Waals surface area contributed by atoms with Gasteiger partial charge in [-0.05, 0) is 66.3 Å². The van der Waals surface area contributed by atoms with E-state index in [1.807, 2.05) is 6.07 Å². The van der Waals surface area contributed by atoms with Crippen molar-refractivity contribution in [2.45, 2.75) is 19.8 Å². The number of halogens is 1. The number of carbonyl (C=O) groups is 1. The summed E-state index contributed by atoms with van der Waals surface area (Å²) in [4.78, 5) is 11.2. The summed E-state index contributed by atoms with van der Waals surface area (Å²) in [6.07, 6.45) is 1.85. The van der Waals surface area contributed by atoms with Gasteiger partial charge >= 0.3 is 5.97 Å². The van der Waals surface area contributed by atoms with E-state index < -0.39 is 5.97 Å². The Balaban J connectivity index is 2.18. The molecule has 0 atom stereocenters. The van der Waals surface area contributed by atoms with E-state index in [-0.39, 0.29) is 11.4 Å². The molecule has 0 amide bonds. The van der Waals surface area contributed by atoms with Gasteiger partial charge in [0, 0.05) is 0 Å². The Labute approximate surface area is 122 Å². The maximum Gasteiger partial charge on any atom is 0.335 e. The van der Waals surface area contributed by atoms with Crippen molar-refractivity contribution in [2.75, 3.05) is 0 Å². The number of benzene rings is 2. The fourth-order valence-electron chi connectivity index (χ4n) is 2.86. The molecule has 0 saturated carbocycles. The number of hydrogen-bond acceptors (Lipinski definition) is 1. The molecule has 0 heterocycles. The first kappa shape index (κ1) is 13.6. The SMILES string of the molecule is CC1=C(c2ccc(F)cc2)c2cc(C(=O)O)ccc2CC1. The van der Waals surface area contributed by atoms with E-state index in [9.17, 15) is 14.3 Å². The van der Waals surface area contributed by atoms with Crippen molar-refractivity contribution in [3.05, 3.63) is 76.1 Å². The summed E-state index contributed by atoms with van der Waals surface area (Å²) in [5.41, 5.74) is 5.53. The first-order chi connectivity index (χ1) is 10.1. The molecule has 21 heavy (non-hydrogen) atoms. The molecule has 0 unspecified atom stereocenters. The molecule has 0 spiro atoms. The van der Waals surface area contributed by atoms with Gasteiger partial charge in [-0.15, -0.1) is 0 Å². The second kappa shape index (κ2) is 5.17. The van der Waals surface area contributed by atoms with Gasteiger partial charge in [-0.2, -0.15) is 0 Å². The molecule has 3 rings (SSSR count). The summed E-state index contributed by atoms with van der Waals surface area (Å²) in [5.74, 6) is -1.20. The van der Waals surface area contributed by atoms with Gasteiger partial charge in [-0.3, -0.25) is 0 Å². The Morgan fingerprint density at radius 2 is 1.81 bits per heavy atom. The third kappa shape index (κ3) is 2.47. The summed E-state index contributed by atoms with van der Waals surface area (Å²) >= 11 is 0. The van der Waals surface area contributed by atoms with Crippen molar-refractivity contribution >= 4 is 11.5 Å². The van der Waals surface area contributed by atoms with Gasteiger partial charge in [0.15, 0.2) is 0 Å². The molecular formula is C18H15FO2. The van der Waals surface area contributed by atoms with Crippen LogP contribution >= 0.6 is 0 Å². The van der Waals surface area contributed by atoms with Crippen molar-refractivity contribution in [1.29, 1.82) is 0 Å². The van der Waals surface area contributed by atoms with Crippen LogP contribution < -0.4 is 0 Å². The van der Waals surface area contributed by atoms with Crippen molar-refractivity contribution in [1.82, 2.24) is 0 Å². The molecular weight excluding hydrogens is 267 g/mol. The van der Waals surface area contributed by atoms with Crippen LogP contribution in [-0.2, 0) is 6.42 Å². The normalized spacial score (nSPS) is 14.0. The van der Waals surface area contributed by atoms with Gasteiger partial charge in [0.1, 0.15) is 5.82 Å². The van der Waals surface area contributed by atoms with Gasteiger partial charge in [0.2, 0.25) is 0 Å². The zero-order valence-electron chi connectivity index (χ0n) is 11.7. The fourth-order valence-corrected chi connectivity index (χ4v) is 2.86. The van der Waals surface area contributed by atoms with Crippen molar-refractivity contribution in [3.8, 4) is 0 Å². The van der Waals surface area contributed by atoms with Crippen molar-refractivity contribution in [3.63, 3.8) is 0 Å². The molecule has 2 nitrogen and oxygen atoms in total. The fraction of sp³-hybridized carbons (Fsp3) is 0.167. The minimum absolute atomic E-state index is 0.271. The van der Waals surface area contributed by atoms with E-state index in [2.05, 4.69) is 6.92 Å². The molecule has 1 N–H and O–H groups in total. The van der Waals surface area contributed by atoms with Crippen LogP contribution in [0.4, 0.5) is 4.39 Å². The van der Waals surface area contributed by atoms with E-state index in [1.165, 1.54) is 17.7 Å². The third-order valence-electron chi connectivity index (χ3n) is 3.96. The van der Waals surface area contributed by atoms with Crippen molar-refractivity contribution in [2.24, 2.45) is 0 Å². The monoisotopic (exact) mass is 282 g/mol. The van der Waals surface area contributed by atoms with Crippen molar-refractivity contribution < 1.29 is 14.3 Å². The maximum atomic E-state index is 13.1. The van der Waals surface area contributed by atoms with E-state index in [0.717, 1.165) is 35.1 Å². The van der Waals surface area contributed by atoms with E-state index in [4.69, 9.17) is 0 Å². The summed E-state index contributed by atoms with van der Waals surface area (Å²) in [6, 6.07) is 11.6. The van der Waals surface area contributed by atoms with Crippen LogP contribution in [0.5, 0.6) is 0 Å². The lowest BCUT2D eigenvalue weighted by Gasteiger charge is -2.22. The topological polar surface area (TPSA) is 37.3 Å². The van der Waals surface area contributed by atoms with Crippen LogP contribution in [0.2, 0.25) is 0 Å². The largest absolute Gasteiger partial charge is 0.478 e. The maximum absolute atomic E-state index is 13.1. The number of carboxylic acids is 1. The Kier molecular flexibility index (Phi) is 3.34. The molecule has 0 fully saturated rings. The Hall–Kier alpha value is -2.42. The highest BCUT2D eigenvalue weighted by Gasteiger charge is 2.19. The quantitative estimate of drug-likeness (QED) is 0.892. The average molecular weight is 282 g/mol. The Bertz CT molecular complexity index is 742. The number of hydrogen-bond donors (Lipinski definition) is 1. The number of allylic oxidation sites excluding steroid dienone is 1. The smallest absolute Gasteiger partial charge is 0.335 e. The highest BCUT2D eigenvalue weighted by Crippen LogP contribution is 2.36. The summed E-state index contributed by atoms with van der Waals surface area (Å²) in [6.45, 7) is 2.05. The zero-order valence-corrected chi connectivity index (χ0v) is 11.7. The van der Waals surface area contributed by atoms with Gasteiger partial charge in [0.05, 0.1) is 5.56 Å². The number of carboxylic acid groups (broad SMARTS) is 1. The first-order valence-electron chi connectivity index (χ1n) is 6.88. The number of aromatic carboxylic acids is 1. The third-order valence-corrected chi connectivity index (χ3v) is 3.96. The van der Waals surface area contributed by atoms with Crippen LogP contribution in [-0.4, -0.2) is 11.1 Å². The van der Waals surface area contributed by atoms with E-state index in [0.29, 0.717) is 0 Å². The van der Waals surface area contributed by atoms with Gasteiger partial charge in [0.25, 0.3) is 0 Å². The van der Waals surface area contributed by atoms with Crippen LogP contribution in [0.25, 0.3) is 5.57 Å². The number of rotatable bonds is 2. The standard InChI is InChI=1S/C18H15FO2/c1-11-2-3-12-4-5-14(18(20)21)10-16(12)17(11)13-6-8-15(19)9-7-13/h4-10H,2-3H2,1H3,(H,20,21).